The van der Waals surface area contributed by atoms with Gasteiger partial charge in [-0.2, -0.15) is 0 Å². The Morgan fingerprint density at radius 3 is 2.31 bits per heavy atom. The zero-order valence-electron chi connectivity index (χ0n) is 15.4. The minimum atomic E-state index is -0.264. The van der Waals surface area contributed by atoms with Gasteiger partial charge in [-0.3, -0.25) is 4.79 Å². The van der Waals surface area contributed by atoms with Gasteiger partial charge in [-0.05, 0) is 68.1 Å². The third kappa shape index (κ3) is 3.88. The molecule has 2 aromatic carbocycles. The summed E-state index contributed by atoms with van der Waals surface area (Å²) in [7, 11) is 0. The fourth-order valence-electron chi connectivity index (χ4n) is 2.68. The molecule has 0 radical (unpaired) electrons. The van der Waals surface area contributed by atoms with Gasteiger partial charge in [0.2, 0.25) is 5.95 Å². The van der Waals surface area contributed by atoms with Gasteiger partial charge in [0.25, 0.3) is 5.91 Å². The molecule has 5 nitrogen and oxygen atoms in total. The van der Waals surface area contributed by atoms with Crippen LogP contribution < -0.4 is 10.6 Å². The third-order valence-corrected chi connectivity index (χ3v) is 4.37. The van der Waals surface area contributed by atoms with Crippen molar-refractivity contribution in [2.75, 3.05) is 10.6 Å². The molecular formula is C21H22N4O. The highest BCUT2D eigenvalue weighted by molar-refractivity contribution is 6.03. The highest BCUT2D eigenvalue weighted by atomic mass is 16.1. The zero-order valence-corrected chi connectivity index (χ0v) is 15.4. The lowest BCUT2D eigenvalue weighted by molar-refractivity contribution is 0.102. The number of amides is 1. The molecule has 0 aliphatic carbocycles. The van der Waals surface area contributed by atoms with Gasteiger partial charge in [0, 0.05) is 17.6 Å². The molecule has 2 N–H and O–H groups in total. The van der Waals surface area contributed by atoms with E-state index in [-0.39, 0.29) is 5.91 Å². The largest absolute Gasteiger partial charge is 0.324 e. The summed E-state index contributed by atoms with van der Waals surface area (Å²) in [5.74, 6) is 0.135. The van der Waals surface area contributed by atoms with Crippen LogP contribution in [0.4, 0.5) is 17.3 Å². The number of carbonyl (C=O) groups is 1. The fourth-order valence-corrected chi connectivity index (χ4v) is 2.68. The molecule has 0 fully saturated rings. The van der Waals surface area contributed by atoms with Crippen LogP contribution in [0.5, 0.6) is 0 Å². The van der Waals surface area contributed by atoms with E-state index in [4.69, 9.17) is 0 Å². The molecule has 3 aromatic rings. The van der Waals surface area contributed by atoms with Gasteiger partial charge in [0.05, 0.1) is 0 Å². The van der Waals surface area contributed by atoms with Crippen molar-refractivity contribution in [3.05, 3.63) is 76.6 Å². The topological polar surface area (TPSA) is 66.9 Å². The number of nitrogens with zero attached hydrogens (tertiary/aromatic N) is 2. The van der Waals surface area contributed by atoms with Gasteiger partial charge in [0.1, 0.15) is 5.69 Å². The van der Waals surface area contributed by atoms with Crippen molar-refractivity contribution in [3.63, 3.8) is 0 Å². The molecule has 0 atom stereocenters. The molecule has 0 unspecified atom stereocenters. The second-order valence-electron chi connectivity index (χ2n) is 6.41. The van der Waals surface area contributed by atoms with Crippen molar-refractivity contribution in [2.24, 2.45) is 0 Å². The normalized spacial score (nSPS) is 10.5. The van der Waals surface area contributed by atoms with Gasteiger partial charge in [0.15, 0.2) is 0 Å². The lowest BCUT2D eigenvalue weighted by Gasteiger charge is -2.12. The van der Waals surface area contributed by atoms with Crippen molar-refractivity contribution in [1.29, 1.82) is 0 Å². The summed E-state index contributed by atoms with van der Waals surface area (Å²) in [5, 5.41) is 6.10. The number of hydrogen-bond donors (Lipinski definition) is 2. The summed E-state index contributed by atoms with van der Waals surface area (Å²) in [6.45, 7) is 8.09. The zero-order chi connectivity index (χ0) is 18.7. The predicted molar refractivity (Wildman–Crippen MR) is 105 cm³/mol. The molecule has 132 valence electrons. The maximum Gasteiger partial charge on any atom is 0.274 e. The van der Waals surface area contributed by atoms with Crippen LogP contribution >= 0.6 is 0 Å². The van der Waals surface area contributed by atoms with Crippen LogP contribution in [0.3, 0.4) is 0 Å². The van der Waals surface area contributed by atoms with E-state index in [0.29, 0.717) is 11.6 Å². The van der Waals surface area contributed by atoms with Crippen molar-refractivity contribution in [2.45, 2.75) is 27.7 Å². The van der Waals surface area contributed by atoms with Gasteiger partial charge < -0.3 is 10.6 Å². The van der Waals surface area contributed by atoms with Gasteiger partial charge >= 0.3 is 0 Å². The Kier molecular flexibility index (Phi) is 4.98. The first-order valence-electron chi connectivity index (χ1n) is 8.49. The Bertz CT molecular complexity index is 946. The van der Waals surface area contributed by atoms with Crippen LogP contribution in [0, 0.1) is 27.7 Å². The number of para-hydroxylation sites is 1. The fraction of sp³-hybridized carbons (Fsp3) is 0.190. The van der Waals surface area contributed by atoms with E-state index in [1.807, 2.05) is 64.1 Å². The molecule has 1 heterocycles. The molecule has 0 aliphatic heterocycles. The molecule has 26 heavy (non-hydrogen) atoms. The maximum atomic E-state index is 12.5. The number of aryl methyl sites for hydroxylation is 4. The molecule has 1 aromatic heterocycles. The first-order valence-corrected chi connectivity index (χ1v) is 8.49. The first kappa shape index (κ1) is 17.6. The Morgan fingerprint density at radius 1 is 0.885 bits per heavy atom. The van der Waals surface area contributed by atoms with Crippen molar-refractivity contribution in [1.82, 2.24) is 9.97 Å². The molecule has 0 saturated carbocycles. The predicted octanol–water partition coefficient (Wildman–Crippen LogP) is 4.71. The van der Waals surface area contributed by atoms with Gasteiger partial charge in [-0.1, -0.05) is 24.3 Å². The number of carbonyl (C=O) groups excluding carboxylic acids is 1. The average Bonchev–Trinajstić information content (AvgIpc) is 2.62. The van der Waals surface area contributed by atoms with E-state index in [2.05, 4.69) is 20.6 Å². The van der Waals surface area contributed by atoms with E-state index < -0.39 is 0 Å². The van der Waals surface area contributed by atoms with Crippen LogP contribution in [0.15, 0.2) is 48.7 Å². The number of anilines is 3. The first-order chi connectivity index (χ1) is 12.4. The second kappa shape index (κ2) is 7.35. The van der Waals surface area contributed by atoms with Crippen LogP contribution in [-0.2, 0) is 0 Å². The third-order valence-electron chi connectivity index (χ3n) is 4.37. The molecule has 0 bridgehead atoms. The molecule has 0 aliphatic rings. The summed E-state index contributed by atoms with van der Waals surface area (Å²) >= 11 is 0. The molecule has 5 heteroatoms. The standard InChI is InChI=1S/C21H22N4O/c1-13-8-9-17(12-16(13)4)23-20(26)18-10-11-22-21(24-18)25-19-14(2)6-5-7-15(19)3/h5-12H,1-4H3,(H,23,26)(H,22,24,25). The number of rotatable bonds is 4. The van der Waals surface area contributed by atoms with E-state index in [1.165, 1.54) is 5.56 Å². The van der Waals surface area contributed by atoms with Gasteiger partial charge in [-0.15, -0.1) is 0 Å². The summed E-state index contributed by atoms with van der Waals surface area (Å²) in [6.07, 6.45) is 1.58. The van der Waals surface area contributed by atoms with Crippen LogP contribution in [0.2, 0.25) is 0 Å². The molecule has 3 rings (SSSR count). The number of nitrogens with one attached hydrogen (secondary N) is 2. The Hall–Kier alpha value is -3.21. The average molecular weight is 346 g/mol. The molecule has 0 spiro atoms. The quantitative estimate of drug-likeness (QED) is 0.718. The summed E-state index contributed by atoms with van der Waals surface area (Å²) in [6, 6.07) is 13.5. The maximum absolute atomic E-state index is 12.5. The Morgan fingerprint density at radius 2 is 1.62 bits per heavy atom. The van der Waals surface area contributed by atoms with Gasteiger partial charge in [-0.25, -0.2) is 9.97 Å². The van der Waals surface area contributed by atoms with Crippen LogP contribution in [0.25, 0.3) is 0 Å². The number of aromatic nitrogens is 2. The van der Waals surface area contributed by atoms with Crippen LogP contribution in [-0.4, -0.2) is 15.9 Å². The van der Waals surface area contributed by atoms with Crippen molar-refractivity contribution in [3.8, 4) is 0 Å². The number of benzene rings is 2. The lowest BCUT2D eigenvalue weighted by Crippen LogP contribution is -2.15. The molecule has 1 amide bonds. The van der Waals surface area contributed by atoms with Crippen LogP contribution in [0.1, 0.15) is 32.7 Å². The molecular weight excluding hydrogens is 324 g/mol. The van der Waals surface area contributed by atoms with E-state index in [9.17, 15) is 4.79 Å². The Balaban J connectivity index is 1.80. The monoisotopic (exact) mass is 346 g/mol. The summed E-state index contributed by atoms with van der Waals surface area (Å²) in [5.41, 5.74) is 6.53. The molecule has 0 saturated heterocycles. The SMILES string of the molecule is Cc1ccc(NC(=O)c2ccnc(Nc3c(C)cccc3C)n2)cc1C. The summed E-state index contributed by atoms with van der Waals surface area (Å²) in [4.78, 5) is 21.1. The highest BCUT2D eigenvalue weighted by Gasteiger charge is 2.11. The van der Waals surface area contributed by atoms with E-state index in [0.717, 1.165) is 28.1 Å². The summed E-state index contributed by atoms with van der Waals surface area (Å²) < 4.78 is 0. The number of hydrogen-bond acceptors (Lipinski definition) is 4. The van der Waals surface area contributed by atoms with E-state index >= 15 is 0 Å². The lowest BCUT2D eigenvalue weighted by atomic mass is 10.1. The second-order valence-corrected chi connectivity index (χ2v) is 6.41. The minimum absolute atomic E-state index is 0.264. The van der Waals surface area contributed by atoms with E-state index in [1.54, 1.807) is 12.3 Å². The van der Waals surface area contributed by atoms with Crippen molar-refractivity contribution < 1.29 is 4.79 Å². The van der Waals surface area contributed by atoms with Crippen molar-refractivity contribution >= 4 is 23.2 Å². The highest BCUT2D eigenvalue weighted by Crippen LogP contribution is 2.22. The smallest absolute Gasteiger partial charge is 0.274 e. The Labute approximate surface area is 153 Å². The minimum Gasteiger partial charge on any atom is -0.324 e.